The molecule has 0 aliphatic carbocycles. The standard InChI is InChI=1S/C24H32N2O3/c1-6-19(4)25-24(28)20(5)26(15-21-10-8-7-9-18(21)3)23(27)16-29-22-13-11-17(2)12-14-22/h7-14,19-20H,6,15-16H2,1-5H3,(H,25,28)/t19-,20+/m0/s1. The lowest BCUT2D eigenvalue weighted by Gasteiger charge is -2.30. The summed E-state index contributed by atoms with van der Waals surface area (Å²) in [7, 11) is 0. The fourth-order valence-corrected chi connectivity index (χ4v) is 2.88. The highest BCUT2D eigenvalue weighted by molar-refractivity contribution is 5.88. The first-order chi connectivity index (χ1) is 13.8. The van der Waals surface area contributed by atoms with Crippen molar-refractivity contribution in [2.75, 3.05) is 6.61 Å². The van der Waals surface area contributed by atoms with E-state index in [-0.39, 0.29) is 24.5 Å². The Balaban J connectivity index is 2.15. The summed E-state index contributed by atoms with van der Waals surface area (Å²) in [4.78, 5) is 27.3. The smallest absolute Gasteiger partial charge is 0.261 e. The van der Waals surface area contributed by atoms with Crippen LogP contribution in [0.3, 0.4) is 0 Å². The first kappa shape index (κ1) is 22.5. The highest BCUT2D eigenvalue weighted by Crippen LogP contribution is 2.16. The predicted molar refractivity (Wildman–Crippen MR) is 116 cm³/mol. The third kappa shape index (κ3) is 6.63. The van der Waals surface area contributed by atoms with Gasteiger partial charge >= 0.3 is 0 Å². The number of aryl methyl sites for hydroxylation is 2. The molecule has 0 aliphatic heterocycles. The number of carbonyl (C=O) groups excluding carboxylic acids is 2. The maximum Gasteiger partial charge on any atom is 0.261 e. The van der Waals surface area contributed by atoms with E-state index >= 15 is 0 Å². The Kier molecular flexibility index (Phi) is 8.25. The van der Waals surface area contributed by atoms with Gasteiger partial charge in [-0.1, -0.05) is 48.9 Å². The molecule has 0 heterocycles. The van der Waals surface area contributed by atoms with Crippen molar-refractivity contribution in [2.45, 2.75) is 59.7 Å². The van der Waals surface area contributed by atoms with Crippen LogP contribution in [0.1, 0.15) is 43.9 Å². The molecule has 0 aliphatic rings. The number of rotatable bonds is 9. The van der Waals surface area contributed by atoms with E-state index < -0.39 is 6.04 Å². The lowest BCUT2D eigenvalue weighted by molar-refractivity contribution is -0.142. The number of ether oxygens (including phenoxy) is 1. The number of amides is 2. The Morgan fingerprint density at radius 2 is 1.69 bits per heavy atom. The first-order valence-electron chi connectivity index (χ1n) is 10.2. The molecule has 2 aromatic carbocycles. The van der Waals surface area contributed by atoms with E-state index in [0.29, 0.717) is 12.3 Å². The molecule has 156 valence electrons. The van der Waals surface area contributed by atoms with Crippen LogP contribution in [0.5, 0.6) is 5.75 Å². The molecule has 2 rings (SSSR count). The van der Waals surface area contributed by atoms with Crippen LogP contribution in [0, 0.1) is 13.8 Å². The molecule has 2 atom stereocenters. The van der Waals surface area contributed by atoms with E-state index in [4.69, 9.17) is 4.74 Å². The molecule has 2 aromatic rings. The van der Waals surface area contributed by atoms with Gasteiger partial charge in [0, 0.05) is 12.6 Å². The van der Waals surface area contributed by atoms with E-state index in [0.717, 1.165) is 23.1 Å². The van der Waals surface area contributed by atoms with Crippen molar-refractivity contribution in [1.82, 2.24) is 10.2 Å². The molecule has 5 heteroatoms. The topological polar surface area (TPSA) is 58.6 Å². The van der Waals surface area contributed by atoms with Gasteiger partial charge < -0.3 is 15.0 Å². The van der Waals surface area contributed by atoms with Crippen molar-refractivity contribution in [2.24, 2.45) is 0 Å². The highest BCUT2D eigenvalue weighted by atomic mass is 16.5. The average molecular weight is 397 g/mol. The Morgan fingerprint density at radius 3 is 2.31 bits per heavy atom. The quantitative estimate of drug-likeness (QED) is 0.697. The van der Waals surface area contributed by atoms with Gasteiger partial charge in [-0.05, 0) is 57.4 Å². The summed E-state index contributed by atoms with van der Waals surface area (Å²) >= 11 is 0. The Hall–Kier alpha value is -2.82. The average Bonchev–Trinajstić information content (AvgIpc) is 2.71. The van der Waals surface area contributed by atoms with Gasteiger partial charge in [-0.25, -0.2) is 0 Å². The van der Waals surface area contributed by atoms with Crippen LogP contribution in [-0.2, 0) is 16.1 Å². The second kappa shape index (κ2) is 10.6. The van der Waals surface area contributed by atoms with Crippen LogP contribution in [-0.4, -0.2) is 35.4 Å². The predicted octanol–water partition coefficient (Wildman–Crippen LogP) is 4.01. The fourth-order valence-electron chi connectivity index (χ4n) is 2.88. The SMILES string of the molecule is CC[C@H](C)NC(=O)[C@@H](C)N(Cc1ccccc1C)C(=O)COc1ccc(C)cc1. The summed E-state index contributed by atoms with van der Waals surface area (Å²) in [5.41, 5.74) is 3.22. The summed E-state index contributed by atoms with van der Waals surface area (Å²) < 4.78 is 5.68. The van der Waals surface area contributed by atoms with Gasteiger partial charge in [0.25, 0.3) is 5.91 Å². The van der Waals surface area contributed by atoms with Crippen LogP contribution in [0.4, 0.5) is 0 Å². The second-order valence-corrected chi connectivity index (χ2v) is 7.54. The summed E-state index contributed by atoms with van der Waals surface area (Å²) in [6.07, 6.45) is 0.834. The van der Waals surface area contributed by atoms with E-state index in [1.54, 1.807) is 11.8 Å². The molecule has 1 N–H and O–H groups in total. The van der Waals surface area contributed by atoms with E-state index in [1.807, 2.05) is 76.2 Å². The largest absolute Gasteiger partial charge is 0.484 e. The monoisotopic (exact) mass is 396 g/mol. The second-order valence-electron chi connectivity index (χ2n) is 7.54. The number of nitrogens with zero attached hydrogens (tertiary/aromatic N) is 1. The zero-order valence-electron chi connectivity index (χ0n) is 18.1. The van der Waals surface area contributed by atoms with E-state index in [9.17, 15) is 9.59 Å². The third-order valence-electron chi connectivity index (χ3n) is 5.15. The van der Waals surface area contributed by atoms with Gasteiger partial charge in [-0.3, -0.25) is 9.59 Å². The Morgan fingerprint density at radius 1 is 1.03 bits per heavy atom. The molecule has 0 spiro atoms. The maximum absolute atomic E-state index is 13.0. The fraction of sp³-hybridized carbons (Fsp3) is 0.417. The summed E-state index contributed by atoms with van der Waals surface area (Å²) in [6, 6.07) is 14.9. The molecule has 0 radical (unpaired) electrons. The minimum Gasteiger partial charge on any atom is -0.484 e. The van der Waals surface area contributed by atoms with Crippen LogP contribution in [0.25, 0.3) is 0 Å². The maximum atomic E-state index is 13.0. The van der Waals surface area contributed by atoms with Gasteiger partial charge in [-0.2, -0.15) is 0 Å². The normalized spacial score (nSPS) is 12.7. The molecule has 0 bridgehead atoms. The first-order valence-corrected chi connectivity index (χ1v) is 10.2. The van der Waals surface area contributed by atoms with Crippen LogP contribution >= 0.6 is 0 Å². The van der Waals surface area contributed by atoms with Crippen molar-refractivity contribution in [3.05, 3.63) is 65.2 Å². The van der Waals surface area contributed by atoms with Gasteiger partial charge in [0.15, 0.2) is 6.61 Å². The number of carbonyl (C=O) groups is 2. The molecule has 29 heavy (non-hydrogen) atoms. The summed E-state index contributed by atoms with van der Waals surface area (Å²) in [5.74, 6) is 0.258. The summed E-state index contributed by atoms with van der Waals surface area (Å²) in [6.45, 7) is 9.98. The highest BCUT2D eigenvalue weighted by Gasteiger charge is 2.27. The lowest BCUT2D eigenvalue weighted by atomic mass is 10.1. The lowest BCUT2D eigenvalue weighted by Crippen LogP contribution is -2.50. The van der Waals surface area contributed by atoms with Crippen LogP contribution in [0.15, 0.2) is 48.5 Å². The zero-order valence-corrected chi connectivity index (χ0v) is 18.1. The van der Waals surface area contributed by atoms with E-state index in [1.165, 1.54) is 0 Å². The molecule has 0 aromatic heterocycles. The number of benzene rings is 2. The number of hydrogen-bond acceptors (Lipinski definition) is 3. The Bertz CT molecular complexity index is 817. The minimum atomic E-state index is -0.599. The van der Waals surface area contributed by atoms with Crippen molar-refractivity contribution in [3.8, 4) is 5.75 Å². The van der Waals surface area contributed by atoms with Gasteiger partial charge in [0.2, 0.25) is 5.91 Å². The number of hydrogen-bond donors (Lipinski definition) is 1. The number of nitrogens with one attached hydrogen (secondary N) is 1. The zero-order chi connectivity index (χ0) is 21.4. The van der Waals surface area contributed by atoms with E-state index in [2.05, 4.69) is 5.32 Å². The molecule has 0 unspecified atom stereocenters. The van der Waals surface area contributed by atoms with Crippen LogP contribution in [0.2, 0.25) is 0 Å². The minimum absolute atomic E-state index is 0.0594. The van der Waals surface area contributed by atoms with Crippen molar-refractivity contribution < 1.29 is 14.3 Å². The Labute approximate surface area is 174 Å². The third-order valence-corrected chi connectivity index (χ3v) is 5.15. The van der Waals surface area contributed by atoms with Crippen molar-refractivity contribution >= 4 is 11.8 Å². The van der Waals surface area contributed by atoms with Crippen LogP contribution < -0.4 is 10.1 Å². The molecule has 0 saturated heterocycles. The molecule has 5 nitrogen and oxygen atoms in total. The molecular weight excluding hydrogens is 364 g/mol. The molecule has 2 amide bonds. The van der Waals surface area contributed by atoms with Crippen molar-refractivity contribution in [3.63, 3.8) is 0 Å². The van der Waals surface area contributed by atoms with Gasteiger partial charge in [0.1, 0.15) is 11.8 Å². The van der Waals surface area contributed by atoms with Gasteiger partial charge in [-0.15, -0.1) is 0 Å². The molecule has 0 fully saturated rings. The van der Waals surface area contributed by atoms with Gasteiger partial charge in [0.05, 0.1) is 0 Å². The molecular formula is C24H32N2O3. The van der Waals surface area contributed by atoms with Crippen molar-refractivity contribution in [1.29, 1.82) is 0 Å². The molecule has 0 saturated carbocycles. The summed E-state index contributed by atoms with van der Waals surface area (Å²) in [5, 5.41) is 2.97.